The fraction of sp³-hybridized carbons (Fsp3) is 0.571. The molecule has 1 aromatic heterocycles. The number of carbonyl (C=O) groups is 3. The van der Waals surface area contributed by atoms with E-state index in [1.807, 2.05) is 26.0 Å². The van der Waals surface area contributed by atoms with Gasteiger partial charge in [-0.15, -0.1) is 0 Å². The third-order valence-corrected chi connectivity index (χ3v) is 14.8. The fourth-order valence-corrected chi connectivity index (χ4v) is 9.56. The monoisotopic (exact) mass is 956 g/mol. The summed E-state index contributed by atoms with van der Waals surface area (Å²) in [6, 6.07) is 6.89. The number of allylic oxidation sites excluding steroid dienone is 2. The van der Waals surface area contributed by atoms with E-state index in [1.54, 1.807) is 30.3 Å². The number of nitrogens with one attached hydrogen (secondary N) is 1. The van der Waals surface area contributed by atoms with E-state index in [2.05, 4.69) is 42.4 Å². The largest absolute Gasteiger partial charge is 0.748 e. The van der Waals surface area contributed by atoms with Crippen molar-refractivity contribution in [1.82, 2.24) is 9.79 Å². The molecule has 338 valence electrons. The van der Waals surface area contributed by atoms with Gasteiger partial charge in [-0.05, 0) is 67.0 Å². The zero-order chi connectivity index (χ0) is 45.3. The molecule has 4 rings (SSSR count). The third-order valence-electron chi connectivity index (χ3n) is 11.0. The van der Waals surface area contributed by atoms with Crippen molar-refractivity contribution in [1.29, 1.82) is 0 Å². The molecule has 0 saturated heterocycles. The lowest BCUT2D eigenvalue weighted by Crippen LogP contribution is -2.51. The summed E-state index contributed by atoms with van der Waals surface area (Å²) in [5.41, 5.74) is 4.62. The van der Waals surface area contributed by atoms with E-state index in [4.69, 9.17) is 0 Å². The topological polar surface area (TPSA) is 186 Å². The van der Waals surface area contributed by atoms with Crippen LogP contribution in [0.3, 0.4) is 0 Å². The summed E-state index contributed by atoms with van der Waals surface area (Å²) in [4.78, 5) is 57.6. The van der Waals surface area contributed by atoms with Gasteiger partial charge in [0.15, 0.2) is 11.5 Å². The summed E-state index contributed by atoms with van der Waals surface area (Å²) >= 11 is 3.00. The molecule has 13 nitrogen and oxygen atoms in total. The number of amides is 1. The zero-order valence-electron chi connectivity index (χ0n) is 35.9. The molecule has 3 N–H and O–H groups in total. The highest BCUT2D eigenvalue weighted by molar-refractivity contribution is 9.10. The van der Waals surface area contributed by atoms with Gasteiger partial charge >= 0.3 is 14.6 Å². The number of rotatable bonds is 26. The Bertz CT molecular complexity index is 2180. The molecule has 61 heavy (non-hydrogen) atoms. The number of fused-ring (bicyclic) bond motifs is 2. The minimum Gasteiger partial charge on any atom is -0.748 e. The van der Waals surface area contributed by atoms with Crippen molar-refractivity contribution in [2.45, 2.75) is 121 Å². The number of alkyl halides is 1. The van der Waals surface area contributed by atoms with Crippen LogP contribution in [0.2, 0.25) is 0 Å². The van der Waals surface area contributed by atoms with Crippen LogP contribution in [-0.2, 0) is 48.3 Å². The maximum Gasteiger partial charge on any atom is 0.737 e. The van der Waals surface area contributed by atoms with Crippen molar-refractivity contribution in [2.75, 3.05) is 33.4 Å². The maximum atomic E-state index is 17.0. The van der Waals surface area contributed by atoms with Gasteiger partial charge in [-0.2, -0.15) is 0 Å². The Kier molecular flexibility index (Phi) is 17.8. The van der Waals surface area contributed by atoms with E-state index < -0.39 is 52.7 Å². The highest BCUT2D eigenvalue weighted by Crippen LogP contribution is 2.55. The lowest BCUT2D eigenvalue weighted by atomic mass is 9.88. The van der Waals surface area contributed by atoms with Crippen LogP contribution < -0.4 is 5.32 Å². The Morgan fingerprint density at radius 3 is 2.18 bits per heavy atom. The number of nitrogens with zero attached hydrogens (tertiary/aromatic N) is 3. The van der Waals surface area contributed by atoms with Gasteiger partial charge in [0.25, 0.3) is 0 Å². The van der Waals surface area contributed by atoms with Crippen LogP contribution in [0.25, 0.3) is 6.08 Å². The number of halogens is 3. The van der Waals surface area contributed by atoms with Gasteiger partial charge < -0.3 is 41.7 Å². The van der Waals surface area contributed by atoms with Crippen LogP contribution in [0.4, 0.5) is 8.63 Å². The van der Waals surface area contributed by atoms with Gasteiger partial charge in [0.2, 0.25) is 5.91 Å². The molecule has 0 bridgehead atoms. The number of hydrogen-bond acceptors (Lipinski definition) is 7. The highest BCUT2D eigenvalue weighted by Gasteiger charge is 2.54. The molecule has 0 radical (unpaired) electrons. The molecule has 19 heteroatoms. The Morgan fingerprint density at radius 2 is 1.57 bits per heavy atom. The third kappa shape index (κ3) is 14.5. The van der Waals surface area contributed by atoms with Gasteiger partial charge in [0.05, 0.1) is 43.6 Å². The fourth-order valence-electron chi connectivity index (χ4n) is 8.02. The number of ketones is 2. The van der Waals surface area contributed by atoms with E-state index in [0.717, 1.165) is 40.6 Å². The number of aromatic nitrogens is 1. The summed E-state index contributed by atoms with van der Waals surface area (Å²) < 4.78 is 82.6. The van der Waals surface area contributed by atoms with Crippen molar-refractivity contribution in [2.24, 2.45) is 0 Å². The first-order chi connectivity index (χ1) is 28.4. The van der Waals surface area contributed by atoms with Crippen molar-refractivity contribution in [3.8, 4) is 0 Å². The molecular formula is C42H61BBrF2N4O9PS. The maximum absolute atomic E-state index is 17.0. The summed E-state index contributed by atoms with van der Waals surface area (Å²) in [5.74, 6) is -2.55. The number of hydrogen-bond donors (Lipinski definition) is 3. The van der Waals surface area contributed by atoms with Crippen molar-refractivity contribution < 1.29 is 59.3 Å². The molecule has 3 heterocycles. The first kappa shape index (κ1) is 50.5. The van der Waals surface area contributed by atoms with Crippen LogP contribution in [0.15, 0.2) is 47.7 Å². The molecule has 2 aromatic rings. The quantitative estimate of drug-likeness (QED) is 0.0224. The van der Waals surface area contributed by atoms with Crippen LogP contribution >= 0.6 is 23.5 Å². The van der Waals surface area contributed by atoms with E-state index in [1.165, 1.54) is 4.48 Å². The molecular weight excluding hydrogens is 896 g/mol. The van der Waals surface area contributed by atoms with Gasteiger partial charge in [-0.25, -0.2) is 8.42 Å². The summed E-state index contributed by atoms with van der Waals surface area (Å²) in [6.07, 6.45) is 9.04. The number of Topliss-reactive ketones (excluding diaryl/α,β-unsaturated/α-hetero) is 2. The van der Waals surface area contributed by atoms with Crippen molar-refractivity contribution >= 4 is 69.9 Å². The molecule has 0 aliphatic carbocycles. The number of quaternary nitrogens is 1. The zero-order valence-corrected chi connectivity index (χ0v) is 39.2. The average Bonchev–Trinajstić information content (AvgIpc) is 3.69. The normalized spacial score (nSPS) is 16.1. The minimum absolute atomic E-state index is 0.0135. The molecule has 2 aliphatic rings. The Morgan fingerprint density at radius 1 is 0.918 bits per heavy atom. The number of benzene rings is 1. The Hall–Kier alpha value is -3.12. The first-order valence-corrected chi connectivity index (χ1v) is 25.3. The van der Waals surface area contributed by atoms with Gasteiger partial charge in [-0.1, -0.05) is 73.3 Å². The number of carbonyl (C=O) groups excluding carboxylic acids is 3. The molecule has 2 atom stereocenters. The van der Waals surface area contributed by atoms with E-state index >= 15 is 8.63 Å². The first-order valence-electron chi connectivity index (χ1n) is 21.1. The standard InChI is InChI=1S/C42H61BBrF2N4O9PS/c1-6-12-32-26-34(14-11-25-50(3,4)5)48-38(32)28-39-33(13-7-2)27-35(49(39)43(48,45)46)22-24-41(53)47-37(29-61(57,58)59)40(52)16-10-8-9-15-36(51)23-19-30-17-20-31(21-18-30)42(44)60(54,55)56/h17-18,20-21,26-28,37,42H,6-16,19,22-25,29H2,1-5H3,(H3-,47,53,54,55,56,57,58,59)/t37-,42?/m0/s1. The second-order valence-corrected chi connectivity index (χ2v) is 22.0. The van der Waals surface area contributed by atoms with Crippen LogP contribution in [0.1, 0.15) is 124 Å². The van der Waals surface area contributed by atoms with E-state index in [9.17, 15) is 41.7 Å². The molecule has 0 saturated carbocycles. The van der Waals surface area contributed by atoms with Crippen LogP contribution in [0, 0.1) is 0 Å². The summed E-state index contributed by atoms with van der Waals surface area (Å²) in [5, 5.41) is 2.39. The summed E-state index contributed by atoms with van der Waals surface area (Å²) in [7, 11) is -3.09. The smallest absolute Gasteiger partial charge is 0.737 e. The molecule has 1 unspecified atom stereocenters. The lowest BCUT2D eigenvalue weighted by molar-refractivity contribution is -0.870. The molecule has 0 fully saturated rings. The molecule has 1 aromatic carbocycles. The van der Waals surface area contributed by atoms with E-state index in [0.29, 0.717) is 72.1 Å². The summed E-state index contributed by atoms with van der Waals surface area (Å²) in [6.45, 7) is 0.455. The Balaban J connectivity index is 1.36. The number of aryl methyl sites for hydroxylation is 3. The Labute approximate surface area is 367 Å². The average molecular weight is 958 g/mol. The molecule has 2 aliphatic heterocycles. The number of unbranched alkanes of at least 4 members (excludes halogenated alkanes) is 2. The van der Waals surface area contributed by atoms with Gasteiger partial charge in [0, 0.05) is 61.9 Å². The van der Waals surface area contributed by atoms with Crippen molar-refractivity contribution in [3.05, 3.63) is 75.8 Å². The van der Waals surface area contributed by atoms with Crippen LogP contribution in [0.5, 0.6) is 0 Å². The highest BCUT2D eigenvalue weighted by atomic mass is 79.9. The lowest BCUT2D eigenvalue weighted by Gasteiger charge is -2.32. The van der Waals surface area contributed by atoms with Crippen molar-refractivity contribution in [3.63, 3.8) is 0 Å². The predicted molar refractivity (Wildman–Crippen MR) is 237 cm³/mol. The van der Waals surface area contributed by atoms with E-state index in [-0.39, 0.29) is 50.0 Å². The van der Waals surface area contributed by atoms with Gasteiger partial charge in [0.1, 0.15) is 22.1 Å². The second-order valence-electron chi connectivity index (χ2n) is 17.3. The molecule has 1 amide bonds. The predicted octanol–water partition coefficient (Wildman–Crippen LogP) is 6.95. The molecule has 0 spiro atoms. The minimum atomic E-state index is -4.93. The van der Waals surface area contributed by atoms with Crippen LogP contribution in [-0.4, -0.2) is 106 Å². The SMILES string of the molecule is CCCC1=CC(CCC(=O)N[C@@H](CS(=O)(=O)[O-])C(=O)CCCCCC(=O)CCc2ccc(C(Br)P(=O)(O)O)cc2)=[N+]2C1=Cc1c(CCC)cc(CCC[N+](C)(C)C)n1[B-]2(F)F. The van der Waals surface area contributed by atoms with Gasteiger partial charge in [-0.3, -0.25) is 18.9 Å². The second kappa shape index (κ2) is 21.5.